The number of benzene rings is 1. The van der Waals surface area contributed by atoms with Gasteiger partial charge in [-0.05, 0) is 42.8 Å². The maximum Gasteiger partial charge on any atom is 0.416 e. The lowest BCUT2D eigenvalue weighted by atomic mass is 10.0. The number of rotatable bonds is 4. The van der Waals surface area contributed by atoms with Crippen molar-refractivity contribution in [2.45, 2.75) is 12.7 Å². The van der Waals surface area contributed by atoms with E-state index in [2.05, 4.69) is 37.0 Å². The minimum Gasteiger partial charge on any atom is -0.321 e. The Morgan fingerprint density at radius 2 is 1.89 bits per heavy atom. The highest BCUT2D eigenvalue weighted by Gasteiger charge is 2.34. The molecular weight excluding hydrogens is 513 g/mol. The number of nitrogens with one attached hydrogen (secondary N) is 1. The molecule has 0 aliphatic carbocycles. The van der Waals surface area contributed by atoms with Gasteiger partial charge in [0.1, 0.15) is 4.88 Å². The molecule has 0 saturated carbocycles. The molecule has 3 aromatic heterocycles. The number of hydrogen-bond acceptors (Lipinski definition) is 7. The predicted molar refractivity (Wildman–Crippen MR) is 140 cm³/mol. The SMILES string of the molecule is CN1CCN(Cc2ccc(NC(=O)c3cnc(C#Cc4cncc5cccnc45)s3)cc2C(F)(F)F)CC1. The lowest BCUT2D eigenvalue weighted by Crippen LogP contribution is -2.44. The minimum atomic E-state index is -4.54. The van der Waals surface area contributed by atoms with Crippen molar-refractivity contribution in [2.75, 3.05) is 38.5 Å². The topological polar surface area (TPSA) is 74.2 Å². The van der Waals surface area contributed by atoms with Crippen molar-refractivity contribution in [3.8, 4) is 11.8 Å². The van der Waals surface area contributed by atoms with Crippen molar-refractivity contribution < 1.29 is 18.0 Å². The summed E-state index contributed by atoms with van der Waals surface area (Å²) in [6.45, 7) is 3.24. The summed E-state index contributed by atoms with van der Waals surface area (Å²) in [6, 6.07) is 7.63. The molecule has 1 aliphatic rings. The summed E-state index contributed by atoms with van der Waals surface area (Å²) in [7, 11) is 1.99. The number of carbonyl (C=O) groups is 1. The maximum absolute atomic E-state index is 13.9. The Morgan fingerprint density at radius 1 is 1.08 bits per heavy atom. The van der Waals surface area contributed by atoms with E-state index in [1.165, 1.54) is 18.3 Å². The molecule has 0 spiro atoms. The van der Waals surface area contributed by atoms with Crippen LogP contribution in [0.3, 0.4) is 0 Å². The third-order valence-corrected chi connectivity index (χ3v) is 7.12. The molecule has 1 aliphatic heterocycles. The molecular formula is C27H23F3N6OS. The van der Waals surface area contributed by atoms with Gasteiger partial charge in [0.05, 0.1) is 22.8 Å². The molecule has 1 fully saturated rings. The number of piperazine rings is 1. The van der Waals surface area contributed by atoms with Crippen molar-refractivity contribution in [2.24, 2.45) is 0 Å². The van der Waals surface area contributed by atoms with Gasteiger partial charge in [-0.15, -0.1) is 11.3 Å². The molecule has 194 valence electrons. The Hall–Kier alpha value is -3.85. The third-order valence-electron chi connectivity index (χ3n) is 6.21. The first-order chi connectivity index (χ1) is 18.3. The van der Waals surface area contributed by atoms with Crippen molar-refractivity contribution in [1.82, 2.24) is 24.8 Å². The molecule has 0 atom stereocenters. The van der Waals surface area contributed by atoms with Crippen LogP contribution in [-0.2, 0) is 12.7 Å². The van der Waals surface area contributed by atoms with E-state index in [1.54, 1.807) is 18.6 Å². The van der Waals surface area contributed by atoms with Crippen LogP contribution in [0.4, 0.5) is 18.9 Å². The number of carbonyl (C=O) groups excluding carboxylic acids is 1. The van der Waals surface area contributed by atoms with Crippen LogP contribution < -0.4 is 5.32 Å². The predicted octanol–water partition coefficient (Wildman–Crippen LogP) is 4.50. The van der Waals surface area contributed by atoms with Gasteiger partial charge >= 0.3 is 6.18 Å². The van der Waals surface area contributed by atoms with Gasteiger partial charge in [0.25, 0.3) is 5.91 Å². The summed E-state index contributed by atoms with van der Waals surface area (Å²) < 4.78 is 41.6. The fourth-order valence-corrected chi connectivity index (χ4v) is 4.81. The van der Waals surface area contributed by atoms with Gasteiger partial charge in [-0.2, -0.15) is 13.2 Å². The Labute approximate surface area is 221 Å². The lowest BCUT2D eigenvalue weighted by molar-refractivity contribution is -0.138. The zero-order valence-corrected chi connectivity index (χ0v) is 21.2. The number of hydrogen-bond donors (Lipinski definition) is 1. The van der Waals surface area contributed by atoms with E-state index >= 15 is 0 Å². The number of halogens is 3. The number of aromatic nitrogens is 3. The van der Waals surface area contributed by atoms with Crippen LogP contribution in [-0.4, -0.2) is 63.9 Å². The van der Waals surface area contributed by atoms with Crippen LogP contribution in [0.15, 0.2) is 55.1 Å². The Morgan fingerprint density at radius 3 is 2.68 bits per heavy atom. The molecule has 0 radical (unpaired) electrons. The number of amides is 1. The number of fused-ring (bicyclic) bond motifs is 1. The van der Waals surface area contributed by atoms with Gasteiger partial charge < -0.3 is 10.2 Å². The highest BCUT2D eigenvalue weighted by Crippen LogP contribution is 2.35. The zero-order chi connectivity index (χ0) is 26.7. The Bertz CT molecular complexity index is 1530. The van der Waals surface area contributed by atoms with Gasteiger partial charge in [-0.3, -0.25) is 19.7 Å². The molecule has 1 N–H and O–H groups in total. The van der Waals surface area contributed by atoms with E-state index in [4.69, 9.17) is 0 Å². The molecule has 4 aromatic rings. The second-order valence-corrected chi connectivity index (χ2v) is 9.98. The van der Waals surface area contributed by atoms with E-state index in [0.29, 0.717) is 29.2 Å². The first-order valence-corrected chi connectivity index (χ1v) is 12.7. The van der Waals surface area contributed by atoms with Gasteiger partial charge in [0.15, 0.2) is 5.01 Å². The molecule has 0 unspecified atom stereocenters. The number of anilines is 1. The highest BCUT2D eigenvalue weighted by atomic mass is 32.1. The summed E-state index contributed by atoms with van der Waals surface area (Å²) in [5.74, 6) is 5.34. The first-order valence-electron chi connectivity index (χ1n) is 11.9. The maximum atomic E-state index is 13.9. The molecule has 1 aromatic carbocycles. The molecule has 7 nitrogen and oxygen atoms in total. The van der Waals surface area contributed by atoms with Crippen molar-refractivity contribution in [1.29, 1.82) is 0 Å². The first kappa shape index (κ1) is 25.8. The van der Waals surface area contributed by atoms with Crippen LogP contribution in [0, 0.1) is 11.8 Å². The average molecular weight is 537 g/mol. The van der Waals surface area contributed by atoms with Crippen LogP contribution in [0.5, 0.6) is 0 Å². The van der Waals surface area contributed by atoms with E-state index < -0.39 is 17.6 Å². The van der Waals surface area contributed by atoms with Crippen molar-refractivity contribution in [3.05, 3.63) is 81.7 Å². The van der Waals surface area contributed by atoms with E-state index in [-0.39, 0.29) is 22.7 Å². The largest absolute Gasteiger partial charge is 0.416 e. The summed E-state index contributed by atoms with van der Waals surface area (Å²) in [4.78, 5) is 29.8. The van der Waals surface area contributed by atoms with Crippen LogP contribution in [0.2, 0.25) is 0 Å². The summed E-state index contributed by atoms with van der Waals surface area (Å²) >= 11 is 1.05. The van der Waals surface area contributed by atoms with Crippen LogP contribution in [0.1, 0.15) is 31.4 Å². The molecule has 4 heterocycles. The second kappa shape index (κ2) is 10.9. The van der Waals surface area contributed by atoms with Crippen LogP contribution in [0.25, 0.3) is 10.9 Å². The highest BCUT2D eigenvalue weighted by molar-refractivity contribution is 7.14. The number of likely N-dealkylation sites (N-methyl/N-ethyl adjacent to an activating group) is 1. The summed E-state index contributed by atoms with van der Waals surface area (Å²) in [5, 5.41) is 3.81. The van der Waals surface area contributed by atoms with Gasteiger partial charge in [-0.25, -0.2) is 4.98 Å². The molecule has 11 heteroatoms. The molecule has 1 saturated heterocycles. The quantitative estimate of drug-likeness (QED) is 0.387. The zero-order valence-electron chi connectivity index (χ0n) is 20.4. The molecule has 5 rings (SSSR count). The number of thiazole rings is 1. The average Bonchev–Trinajstić information content (AvgIpc) is 3.38. The standard InChI is InChI=1S/C27H23F3N6OS/c1-35-9-11-36(12-10-35)17-20-4-6-21(13-22(20)27(28,29)30)34-26(37)23-16-33-24(38-23)7-5-19-15-31-14-18-3-2-8-32-25(18)19/h2-4,6,8,13-16H,9-12,17H2,1H3,(H,34,37). The smallest absolute Gasteiger partial charge is 0.321 e. The number of alkyl halides is 3. The fraction of sp³-hybridized carbons (Fsp3) is 0.259. The number of pyridine rings is 2. The lowest BCUT2D eigenvalue weighted by Gasteiger charge is -2.33. The fourth-order valence-electron chi connectivity index (χ4n) is 4.14. The molecule has 1 amide bonds. The monoisotopic (exact) mass is 536 g/mol. The van der Waals surface area contributed by atoms with E-state index in [9.17, 15) is 18.0 Å². The van der Waals surface area contributed by atoms with Crippen molar-refractivity contribution >= 4 is 33.8 Å². The van der Waals surface area contributed by atoms with Crippen LogP contribution >= 0.6 is 11.3 Å². The third kappa shape index (κ3) is 5.99. The Kier molecular flexibility index (Phi) is 7.37. The number of nitrogens with zero attached hydrogens (tertiary/aromatic N) is 5. The molecule has 0 bridgehead atoms. The van der Waals surface area contributed by atoms with E-state index in [1.807, 2.05) is 24.1 Å². The molecule has 38 heavy (non-hydrogen) atoms. The van der Waals surface area contributed by atoms with Gasteiger partial charge in [0.2, 0.25) is 0 Å². The summed E-state index contributed by atoms with van der Waals surface area (Å²) in [5.41, 5.74) is 0.843. The van der Waals surface area contributed by atoms with E-state index in [0.717, 1.165) is 35.9 Å². The van der Waals surface area contributed by atoms with Gasteiger partial charge in [-0.1, -0.05) is 12.0 Å². The minimum absolute atomic E-state index is 0.0680. The van der Waals surface area contributed by atoms with Crippen molar-refractivity contribution in [3.63, 3.8) is 0 Å². The van der Waals surface area contributed by atoms with Gasteiger partial charge in [0, 0.05) is 62.4 Å². The normalized spacial score (nSPS) is 14.7. The summed E-state index contributed by atoms with van der Waals surface area (Å²) in [6.07, 6.45) is 1.79. The second-order valence-electron chi connectivity index (χ2n) is 8.95. The Balaban J connectivity index is 1.30.